The molecule has 4 aromatic rings. The van der Waals surface area contributed by atoms with E-state index in [1.54, 1.807) is 23.3 Å². The molecule has 4 rings (SSSR count). The van der Waals surface area contributed by atoms with E-state index >= 15 is 0 Å². The Hall–Kier alpha value is -3.21. The number of aryl methyl sites for hydroxylation is 3. The Bertz CT molecular complexity index is 1100. The van der Waals surface area contributed by atoms with Crippen molar-refractivity contribution in [1.29, 1.82) is 0 Å². The first-order chi connectivity index (χ1) is 12.5. The van der Waals surface area contributed by atoms with Gasteiger partial charge in [0.05, 0.1) is 18.4 Å². The van der Waals surface area contributed by atoms with Gasteiger partial charge in [0.2, 0.25) is 0 Å². The van der Waals surface area contributed by atoms with Gasteiger partial charge in [-0.3, -0.25) is 4.79 Å². The number of hydrogen-bond donors (Lipinski definition) is 0. The lowest BCUT2D eigenvalue weighted by atomic mass is 9.96. The van der Waals surface area contributed by atoms with E-state index in [1.807, 2.05) is 23.7 Å². The van der Waals surface area contributed by atoms with Crippen LogP contribution in [-0.4, -0.2) is 24.7 Å². The SMILES string of the molecule is Cc1cccc(C)c1-c1cccn2c(CC(=O)c3cn(C)cn3)cnc12. The molecule has 26 heavy (non-hydrogen) atoms. The van der Waals surface area contributed by atoms with Crippen LogP contribution in [0.2, 0.25) is 0 Å². The summed E-state index contributed by atoms with van der Waals surface area (Å²) in [5, 5.41) is 0. The first kappa shape index (κ1) is 16.3. The Kier molecular flexibility index (Phi) is 3.92. The Balaban J connectivity index is 1.77. The lowest BCUT2D eigenvalue weighted by Gasteiger charge is -2.11. The van der Waals surface area contributed by atoms with Crippen LogP contribution in [0.5, 0.6) is 0 Å². The highest BCUT2D eigenvalue weighted by Gasteiger charge is 2.16. The van der Waals surface area contributed by atoms with Crippen LogP contribution < -0.4 is 0 Å². The summed E-state index contributed by atoms with van der Waals surface area (Å²) in [5.41, 5.74) is 6.93. The lowest BCUT2D eigenvalue weighted by molar-refractivity contribution is 0.0987. The summed E-state index contributed by atoms with van der Waals surface area (Å²) in [6, 6.07) is 10.4. The topological polar surface area (TPSA) is 52.2 Å². The highest BCUT2D eigenvalue weighted by Crippen LogP contribution is 2.30. The monoisotopic (exact) mass is 344 g/mol. The average molecular weight is 344 g/mol. The third-order valence-electron chi connectivity index (χ3n) is 4.70. The number of aromatic nitrogens is 4. The number of carbonyl (C=O) groups excluding carboxylic acids is 1. The van der Waals surface area contributed by atoms with Gasteiger partial charge < -0.3 is 8.97 Å². The molecule has 0 saturated heterocycles. The van der Waals surface area contributed by atoms with Gasteiger partial charge in [0, 0.05) is 31.2 Å². The number of rotatable bonds is 4. The maximum atomic E-state index is 12.5. The molecule has 0 amide bonds. The Morgan fingerprint density at radius 2 is 1.85 bits per heavy atom. The third-order valence-corrected chi connectivity index (χ3v) is 4.70. The van der Waals surface area contributed by atoms with Crippen LogP contribution in [-0.2, 0) is 13.5 Å². The normalized spacial score (nSPS) is 11.2. The van der Waals surface area contributed by atoms with Gasteiger partial charge in [0.25, 0.3) is 0 Å². The van der Waals surface area contributed by atoms with Crippen LogP contribution in [0.4, 0.5) is 0 Å². The zero-order chi connectivity index (χ0) is 18.3. The molecule has 130 valence electrons. The predicted molar refractivity (Wildman–Crippen MR) is 101 cm³/mol. The summed E-state index contributed by atoms with van der Waals surface area (Å²) in [5.74, 6) is -0.00937. The lowest BCUT2D eigenvalue weighted by Crippen LogP contribution is -2.06. The maximum absolute atomic E-state index is 12.5. The molecule has 0 spiro atoms. The molecule has 0 atom stereocenters. The number of benzene rings is 1. The van der Waals surface area contributed by atoms with Crippen LogP contribution in [0.15, 0.2) is 55.2 Å². The summed E-state index contributed by atoms with van der Waals surface area (Å²) in [4.78, 5) is 21.3. The van der Waals surface area contributed by atoms with Crippen LogP contribution >= 0.6 is 0 Å². The van der Waals surface area contributed by atoms with Crippen molar-refractivity contribution < 1.29 is 4.79 Å². The molecular formula is C21H20N4O. The first-order valence-electron chi connectivity index (χ1n) is 8.57. The molecule has 0 unspecified atom stereocenters. The molecule has 5 heteroatoms. The van der Waals surface area contributed by atoms with Crippen LogP contribution in [0.1, 0.15) is 27.3 Å². The predicted octanol–water partition coefficient (Wildman–Crippen LogP) is 3.78. The van der Waals surface area contributed by atoms with Crippen molar-refractivity contribution in [2.75, 3.05) is 0 Å². The zero-order valence-corrected chi connectivity index (χ0v) is 15.1. The van der Waals surface area contributed by atoms with E-state index in [0.29, 0.717) is 5.69 Å². The minimum absolute atomic E-state index is 0.00937. The molecule has 0 radical (unpaired) electrons. The molecule has 0 saturated carbocycles. The molecule has 1 aromatic carbocycles. The van der Waals surface area contributed by atoms with E-state index in [0.717, 1.165) is 16.9 Å². The second kappa shape index (κ2) is 6.26. The van der Waals surface area contributed by atoms with E-state index in [9.17, 15) is 4.79 Å². The van der Waals surface area contributed by atoms with Gasteiger partial charge in [0.1, 0.15) is 11.3 Å². The molecule has 3 aromatic heterocycles. The summed E-state index contributed by atoms with van der Waals surface area (Å²) in [7, 11) is 1.86. The molecule has 0 aliphatic carbocycles. The van der Waals surface area contributed by atoms with Crippen molar-refractivity contribution in [1.82, 2.24) is 18.9 Å². The van der Waals surface area contributed by atoms with Gasteiger partial charge in [-0.2, -0.15) is 0 Å². The van der Waals surface area contributed by atoms with Crippen LogP contribution in [0, 0.1) is 13.8 Å². The van der Waals surface area contributed by atoms with E-state index in [-0.39, 0.29) is 12.2 Å². The number of ketones is 1. The smallest absolute Gasteiger partial charge is 0.188 e. The molecule has 3 heterocycles. The van der Waals surface area contributed by atoms with Crippen molar-refractivity contribution >= 4 is 11.4 Å². The Morgan fingerprint density at radius 3 is 2.54 bits per heavy atom. The largest absolute Gasteiger partial charge is 0.340 e. The van der Waals surface area contributed by atoms with Gasteiger partial charge >= 0.3 is 0 Å². The second-order valence-electron chi connectivity index (χ2n) is 6.66. The molecule has 0 aliphatic rings. The van der Waals surface area contributed by atoms with Crippen molar-refractivity contribution in [2.45, 2.75) is 20.3 Å². The molecule has 0 fully saturated rings. The van der Waals surface area contributed by atoms with Crippen molar-refractivity contribution in [3.05, 3.63) is 77.8 Å². The zero-order valence-electron chi connectivity index (χ0n) is 15.1. The fraction of sp³-hybridized carbons (Fsp3) is 0.190. The molecule has 0 bridgehead atoms. The maximum Gasteiger partial charge on any atom is 0.188 e. The summed E-state index contributed by atoms with van der Waals surface area (Å²) in [6.07, 6.45) is 7.40. The van der Waals surface area contributed by atoms with Crippen molar-refractivity contribution in [3.8, 4) is 11.1 Å². The highest BCUT2D eigenvalue weighted by molar-refractivity contribution is 5.95. The van der Waals surface area contributed by atoms with Crippen molar-refractivity contribution in [3.63, 3.8) is 0 Å². The minimum Gasteiger partial charge on any atom is -0.340 e. The molecular weight excluding hydrogens is 324 g/mol. The van der Waals surface area contributed by atoms with Crippen LogP contribution in [0.25, 0.3) is 16.8 Å². The summed E-state index contributed by atoms with van der Waals surface area (Å²) in [6.45, 7) is 4.22. The standard InChI is InChI=1S/C21H20N4O/c1-14-6-4-7-15(2)20(14)17-8-5-9-25-16(11-22-21(17)25)10-19(26)18-12-24(3)13-23-18/h4-9,11-13H,10H2,1-3H3. The number of hydrogen-bond acceptors (Lipinski definition) is 3. The molecule has 0 aliphatic heterocycles. The first-order valence-corrected chi connectivity index (χ1v) is 8.57. The van der Waals surface area contributed by atoms with E-state index in [4.69, 9.17) is 0 Å². The third kappa shape index (κ3) is 2.71. The molecule has 0 N–H and O–H groups in total. The van der Waals surface area contributed by atoms with E-state index in [1.165, 1.54) is 16.7 Å². The molecule has 5 nitrogen and oxygen atoms in total. The average Bonchev–Trinajstić information content (AvgIpc) is 3.22. The fourth-order valence-corrected chi connectivity index (χ4v) is 3.44. The van der Waals surface area contributed by atoms with Gasteiger partial charge in [-0.1, -0.05) is 18.2 Å². The number of pyridine rings is 1. The Morgan fingerprint density at radius 1 is 1.08 bits per heavy atom. The van der Waals surface area contributed by atoms with E-state index < -0.39 is 0 Å². The second-order valence-corrected chi connectivity index (χ2v) is 6.66. The number of imidazole rings is 2. The van der Waals surface area contributed by atoms with Gasteiger partial charge in [-0.15, -0.1) is 0 Å². The number of Topliss-reactive ketones (excluding diaryl/α,β-unsaturated/α-hetero) is 1. The summed E-state index contributed by atoms with van der Waals surface area (Å²) < 4.78 is 3.78. The van der Waals surface area contributed by atoms with Gasteiger partial charge in [-0.05, 0) is 42.7 Å². The van der Waals surface area contributed by atoms with Crippen LogP contribution in [0.3, 0.4) is 0 Å². The highest BCUT2D eigenvalue weighted by atomic mass is 16.1. The summed E-state index contributed by atoms with van der Waals surface area (Å²) >= 11 is 0. The van der Waals surface area contributed by atoms with Gasteiger partial charge in [0.15, 0.2) is 5.78 Å². The number of fused-ring (bicyclic) bond motifs is 1. The quantitative estimate of drug-likeness (QED) is 0.530. The number of carbonyl (C=O) groups is 1. The van der Waals surface area contributed by atoms with Crippen molar-refractivity contribution in [2.24, 2.45) is 7.05 Å². The fourth-order valence-electron chi connectivity index (χ4n) is 3.44. The Labute approximate surface area is 152 Å². The van der Waals surface area contributed by atoms with E-state index in [2.05, 4.69) is 48.1 Å². The minimum atomic E-state index is -0.00937. The number of nitrogens with zero attached hydrogens (tertiary/aromatic N) is 4. The van der Waals surface area contributed by atoms with Gasteiger partial charge in [-0.25, -0.2) is 9.97 Å².